The summed E-state index contributed by atoms with van der Waals surface area (Å²) in [5.74, 6) is 0.573. The van der Waals surface area contributed by atoms with Gasteiger partial charge in [-0.25, -0.2) is 4.98 Å². The number of rotatable bonds is 4. The predicted molar refractivity (Wildman–Crippen MR) is 70.9 cm³/mol. The van der Waals surface area contributed by atoms with E-state index >= 15 is 0 Å². The third-order valence-electron chi connectivity index (χ3n) is 2.81. The van der Waals surface area contributed by atoms with Crippen LogP contribution >= 0.6 is 11.6 Å². The minimum atomic E-state index is -4.49. The highest BCUT2D eigenvalue weighted by Gasteiger charge is 2.34. The van der Waals surface area contributed by atoms with Gasteiger partial charge in [-0.1, -0.05) is 25.4 Å². The van der Waals surface area contributed by atoms with E-state index in [1.54, 1.807) is 0 Å². The van der Waals surface area contributed by atoms with Crippen LogP contribution in [0.25, 0.3) is 11.0 Å². The number of imidazole rings is 1. The number of nitrogens with zero attached hydrogens (tertiary/aromatic N) is 2. The summed E-state index contributed by atoms with van der Waals surface area (Å²) in [4.78, 5) is 9.70. The Balaban J connectivity index is 2.61. The molecular formula is C13H14ClF3N2O. The molecule has 3 nitrogen and oxygen atoms in total. The van der Waals surface area contributed by atoms with Gasteiger partial charge in [0.2, 0.25) is 0 Å². The third-order valence-corrected chi connectivity index (χ3v) is 3.13. The molecule has 2 aromatic rings. The first kappa shape index (κ1) is 15.0. The van der Waals surface area contributed by atoms with Crippen molar-refractivity contribution in [2.45, 2.75) is 32.9 Å². The molecule has 0 N–H and O–H groups in total. The van der Waals surface area contributed by atoms with E-state index in [1.807, 2.05) is 13.8 Å². The Morgan fingerprint density at radius 2 is 2.00 bits per heavy atom. The fourth-order valence-corrected chi connectivity index (χ4v) is 2.16. The van der Waals surface area contributed by atoms with E-state index in [1.165, 1.54) is 10.8 Å². The Morgan fingerprint density at radius 1 is 1.30 bits per heavy atom. The summed E-state index contributed by atoms with van der Waals surface area (Å²) >= 11 is 5.73. The number of hydrogen-bond acceptors (Lipinski definition) is 2. The lowest BCUT2D eigenvalue weighted by molar-refractivity contribution is -0.137. The van der Waals surface area contributed by atoms with Crippen molar-refractivity contribution in [3.63, 3.8) is 0 Å². The molecule has 0 aliphatic carbocycles. The van der Waals surface area contributed by atoms with Crippen molar-refractivity contribution in [1.29, 1.82) is 0 Å². The van der Waals surface area contributed by atoms with Crippen LogP contribution in [-0.4, -0.2) is 16.3 Å². The Morgan fingerprint density at radius 3 is 2.55 bits per heavy atom. The average Bonchev–Trinajstić information content (AvgIpc) is 2.71. The van der Waals surface area contributed by atoms with Crippen LogP contribution in [0.5, 0.6) is 0 Å². The highest BCUT2D eigenvalue weighted by atomic mass is 35.5. The van der Waals surface area contributed by atoms with Crippen molar-refractivity contribution >= 4 is 22.6 Å². The summed E-state index contributed by atoms with van der Waals surface area (Å²) in [5.41, 5.74) is -0.197. The normalized spacial score (nSPS) is 12.1. The first-order valence-electron chi connectivity index (χ1n) is 6.29. The molecule has 1 heterocycles. The smallest absolute Gasteiger partial charge is 0.412 e. The van der Waals surface area contributed by atoms with Gasteiger partial charge in [0.15, 0.2) is 0 Å². The maximum Gasteiger partial charge on any atom is 0.417 e. The van der Waals surface area contributed by atoms with Crippen LogP contribution in [-0.2, 0) is 12.6 Å². The highest BCUT2D eigenvalue weighted by molar-refractivity contribution is 6.32. The van der Waals surface area contributed by atoms with E-state index in [0.29, 0.717) is 24.4 Å². The Labute approximate surface area is 119 Å². The van der Waals surface area contributed by atoms with E-state index in [4.69, 9.17) is 16.4 Å². The standard InChI is InChI=1S/C13H14ClF3N2O/c1-3-5-20-19-11-7-9(14)8(13(15,16)17)6-10(11)18-12(19)4-2/h6-7H,3-5H2,1-2H3. The predicted octanol–water partition coefficient (Wildman–Crippen LogP) is 4.11. The number of alkyl halides is 3. The molecule has 0 aliphatic heterocycles. The van der Waals surface area contributed by atoms with Crippen molar-refractivity contribution < 1.29 is 18.0 Å². The fourth-order valence-electron chi connectivity index (χ4n) is 1.89. The van der Waals surface area contributed by atoms with Gasteiger partial charge in [-0.15, -0.1) is 0 Å². The van der Waals surface area contributed by atoms with Gasteiger partial charge in [0.1, 0.15) is 17.9 Å². The van der Waals surface area contributed by atoms with Crippen LogP contribution in [0.1, 0.15) is 31.7 Å². The number of aromatic nitrogens is 2. The number of aryl methyl sites for hydroxylation is 1. The first-order valence-corrected chi connectivity index (χ1v) is 6.67. The fraction of sp³-hybridized carbons (Fsp3) is 0.462. The van der Waals surface area contributed by atoms with E-state index in [-0.39, 0.29) is 10.5 Å². The molecule has 0 radical (unpaired) electrons. The topological polar surface area (TPSA) is 27.1 Å². The SMILES string of the molecule is CCCOn1c(CC)nc2cc(C(F)(F)F)c(Cl)cc21. The highest BCUT2D eigenvalue weighted by Crippen LogP contribution is 2.37. The molecule has 0 saturated carbocycles. The lowest BCUT2D eigenvalue weighted by Gasteiger charge is -2.11. The minimum Gasteiger partial charge on any atom is -0.412 e. The third kappa shape index (κ3) is 2.70. The summed E-state index contributed by atoms with van der Waals surface area (Å²) in [5, 5.41) is -0.353. The number of benzene rings is 1. The zero-order chi connectivity index (χ0) is 14.9. The van der Waals surface area contributed by atoms with E-state index in [2.05, 4.69) is 4.98 Å². The summed E-state index contributed by atoms with van der Waals surface area (Å²) < 4.78 is 39.9. The van der Waals surface area contributed by atoms with Crippen LogP contribution in [0.3, 0.4) is 0 Å². The van der Waals surface area contributed by atoms with Crippen LogP contribution in [0, 0.1) is 0 Å². The van der Waals surface area contributed by atoms with Gasteiger partial charge in [-0.3, -0.25) is 0 Å². The maximum absolute atomic E-state index is 12.8. The number of hydrogen-bond donors (Lipinski definition) is 0. The van der Waals surface area contributed by atoms with Gasteiger partial charge in [-0.05, 0) is 18.6 Å². The molecule has 0 aliphatic rings. The number of fused-ring (bicyclic) bond motifs is 1. The van der Waals surface area contributed by atoms with Gasteiger partial charge in [0.05, 0.1) is 16.1 Å². The van der Waals surface area contributed by atoms with Crippen molar-refractivity contribution in [3.8, 4) is 0 Å². The van der Waals surface area contributed by atoms with Gasteiger partial charge >= 0.3 is 6.18 Å². The van der Waals surface area contributed by atoms with Gasteiger partial charge < -0.3 is 4.84 Å². The zero-order valence-electron chi connectivity index (χ0n) is 11.1. The maximum atomic E-state index is 12.8. The summed E-state index contributed by atoms with van der Waals surface area (Å²) in [6.07, 6.45) is -3.15. The molecule has 0 atom stereocenters. The lowest BCUT2D eigenvalue weighted by atomic mass is 10.2. The molecule has 0 saturated heterocycles. The second kappa shape index (κ2) is 5.52. The largest absolute Gasteiger partial charge is 0.417 e. The van der Waals surface area contributed by atoms with Crippen molar-refractivity contribution in [2.75, 3.05) is 6.61 Å². The van der Waals surface area contributed by atoms with Gasteiger partial charge in [-0.2, -0.15) is 17.9 Å². The van der Waals surface area contributed by atoms with Crippen molar-refractivity contribution in [2.24, 2.45) is 0 Å². The molecule has 0 spiro atoms. The minimum absolute atomic E-state index is 0.231. The number of halogens is 4. The van der Waals surface area contributed by atoms with Crippen LogP contribution in [0.2, 0.25) is 5.02 Å². The molecule has 7 heteroatoms. The zero-order valence-corrected chi connectivity index (χ0v) is 11.8. The van der Waals surface area contributed by atoms with Crippen LogP contribution in [0.4, 0.5) is 13.2 Å². The average molecular weight is 307 g/mol. The molecule has 0 amide bonds. The molecule has 0 bridgehead atoms. The van der Waals surface area contributed by atoms with Gasteiger partial charge in [0.25, 0.3) is 0 Å². The Bertz CT molecular complexity index is 622. The molecule has 1 aromatic heterocycles. The van der Waals surface area contributed by atoms with E-state index < -0.39 is 11.7 Å². The summed E-state index contributed by atoms with van der Waals surface area (Å²) in [6, 6.07) is 2.21. The summed E-state index contributed by atoms with van der Waals surface area (Å²) in [7, 11) is 0. The molecule has 20 heavy (non-hydrogen) atoms. The Hall–Kier alpha value is -1.43. The van der Waals surface area contributed by atoms with Gasteiger partial charge in [0, 0.05) is 6.42 Å². The van der Waals surface area contributed by atoms with Crippen molar-refractivity contribution in [1.82, 2.24) is 9.71 Å². The molecular weight excluding hydrogens is 293 g/mol. The van der Waals surface area contributed by atoms with E-state index in [0.717, 1.165) is 12.5 Å². The second-order valence-corrected chi connectivity index (χ2v) is 4.73. The quantitative estimate of drug-likeness (QED) is 0.850. The molecule has 2 rings (SSSR count). The van der Waals surface area contributed by atoms with Crippen LogP contribution in [0.15, 0.2) is 12.1 Å². The lowest BCUT2D eigenvalue weighted by Crippen LogP contribution is -2.15. The van der Waals surface area contributed by atoms with E-state index in [9.17, 15) is 13.2 Å². The summed E-state index contributed by atoms with van der Waals surface area (Å²) in [6.45, 7) is 4.26. The first-order chi connectivity index (χ1) is 9.38. The molecule has 1 aromatic carbocycles. The molecule has 0 fully saturated rings. The Kier molecular flexibility index (Phi) is 4.13. The monoisotopic (exact) mass is 306 g/mol. The second-order valence-electron chi connectivity index (χ2n) is 4.33. The molecule has 110 valence electrons. The van der Waals surface area contributed by atoms with Crippen molar-refractivity contribution in [3.05, 3.63) is 28.5 Å². The molecule has 0 unspecified atom stereocenters. The van der Waals surface area contributed by atoms with Crippen LogP contribution < -0.4 is 4.84 Å².